The Labute approximate surface area is 207 Å². The Morgan fingerprint density at radius 1 is 1.08 bits per heavy atom. The number of aryl methyl sites for hydroxylation is 1. The van der Waals surface area contributed by atoms with E-state index in [4.69, 9.17) is 8.83 Å². The van der Waals surface area contributed by atoms with Crippen molar-refractivity contribution in [3.05, 3.63) is 89.9 Å². The topological polar surface area (TPSA) is 116 Å². The number of carbonyl (C=O) groups is 1. The smallest absolute Gasteiger partial charge is 0.266 e. The van der Waals surface area contributed by atoms with Crippen LogP contribution in [0.5, 0.6) is 0 Å². The maximum Gasteiger partial charge on any atom is 0.266 e. The highest BCUT2D eigenvalue weighted by Gasteiger charge is 2.21. The molecule has 0 aliphatic carbocycles. The van der Waals surface area contributed by atoms with E-state index < -0.39 is 0 Å². The molecule has 1 atom stereocenters. The highest BCUT2D eigenvalue weighted by molar-refractivity contribution is 5.95. The van der Waals surface area contributed by atoms with Crippen LogP contribution in [0.3, 0.4) is 0 Å². The lowest BCUT2D eigenvalue weighted by atomic mass is 10.0. The summed E-state index contributed by atoms with van der Waals surface area (Å²) in [4.78, 5) is 23.7. The van der Waals surface area contributed by atoms with Crippen molar-refractivity contribution in [2.24, 2.45) is 7.05 Å². The van der Waals surface area contributed by atoms with E-state index in [2.05, 4.69) is 37.4 Å². The summed E-state index contributed by atoms with van der Waals surface area (Å²) < 4.78 is 13.1. The number of rotatable bonds is 8. The quantitative estimate of drug-likeness (QED) is 0.323. The molecule has 1 amide bonds. The van der Waals surface area contributed by atoms with Gasteiger partial charge in [0, 0.05) is 43.9 Å². The molecule has 36 heavy (non-hydrogen) atoms. The van der Waals surface area contributed by atoms with Crippen LogP contribution in [0.1, 0.15) is 40.2 Å². The summed E-state index contributed by atoms with van der Waals surface area (Å²) in [6.07, 6.45) is 7.34. The van der Waals surface area contributed by atoms with Gasteiger partial charge in [-0.3, -0.25) is 9.48 Å². The first-order valence-corrected chi connectivity index (χ1v) is 11.5. The van der Waals surface area contributed by atoms with Crippen LogP contribution in [-0.2, 0) is 20.0 Å². The van der Waals surface area contributed by atoms with Crippen LogP contribution in [0.15, 0.2) is 76.2 Å². The molecule has 182 valence electrons. The van der Waals surface area contributed by atoms with Gasteiger partial charge >= 0.3 is 0 Å². The van der Waals surface area contributed by atoms with Gasteiger partial charge in [0.15, 0.2) is 0 Å². The minimum Gasteiger partial charge on any atom is -0.443 e. The first-order chi connectivity index (χ1) is 17.5. The Morgan fingerprint density at radius 3 is 2.56 bits per heavy atom. The number of carbonyl (C=O) groups excluding carboxylic acids is 1. The largest absolute Gasteiger partial charge is 0.443 e. The Balaban J connectivity index is 1.44. The van der Waals surface area contributed by atoms with E-state index >= 15 is 0 Å². The number of pyridine rings is 1. The van der Waals surface area contributed by atoms with Crippen molar-refractivity contribution in [3.63, 3.8) is 0 Å². The summed E-state index contributed by atoms with van der Waals surface area (Å²) in [5.74, 6) is 0.821. The molecule has 5 aromatic rings. The molecule has 0 saturated heterocycles. The first kappa shape index (κ1) is 23.2. The number of oxazole rings is 1. The van der Waals surface area contributed by atoms with Gasteiger partial charge in [0.05, 0.1) is 12.4 Å². The van der Waals surface area contributed by atoms with Crippen LogP contribution >= 0.6 is 0 Å². The molecule has 4 heterocycles. The van der Waals surface area contributed by atoms with Crippen LogP contribution in [-0.4, -0.2) is 47.8 Å². The SMILES string of the molecule is CC(Cc1ccccc1)c1nnc(-c2cc(C(=O)N(C)Cc3cnn(C)c3)cc(-c3ncco3)n2)o1. The number of amides is 1. The van der Waals surface area contributed by atoms with Crippen molar-refractivity contribution >= 4 is 5.91 Å². The van der Waals surface area contributed by atoms with Crippen molar-refractivity contribution < 1.29 is 13.6 Å². The highest BCUT2D eigenvalue weighted by Crippen LogP contribution is 2.27. The fourth-order valence-corrected chi connectivity index (χ4v) is 3.93. The number of aromatic nitrogens is 6. The maximum absolute atomic E-state index is 13.3. The Morgan fingerprint density at radius 2 is 1.86 bits per heavy atom. The third kappa shape index (κ3) is 5.07. The Kier molecular flexibility index (Phi) is 6.40. The summed E-state index contributed by atoms with van der Waals surface area (Å²) in [5, 5.41) is 12.6. The van der Waals surface area contributed by atoms with E-state index in [0.29, 0.717) is 29.4 Å². The molecule has 0 bridgehead atoms. The summed E-state index contributed by atoms with van der Waals surface area (Å²) in [7, 11) is 3.57. The second kappa shape index (κ2) is 9.95. The zero-order chi connectivity index (χ0) is 25.1. The number of nitrogens with zero attached hydrogens (tertiary/aromatic N) is 7. The summed E-state index contributed by atoms with van der Waals surface area (Å²) in [5.41, 5.74) is 3.27. The minimum atomic E-state index is -0.201. The Bertz CT molecular complexity index is 1460. The molecular formula is C26H25N7O3. The van der Waals surface area contributed by atoms with E-state index in [1.165, 1.54) is 18.0 Å². The average molecular weight is 484 g/mol. The fraction of sp³-hybridized carbons (Fsp3) is 0.231. The van der Waals surface area contributed by atoms with E-state index in [1.54, 1.807) is 35.0 Å². The molecule has 1 aromatic carbocycles. The summed E-state index contributed by atoms with van der Waals surface area (Å²) >= 11 is 0. The molecule has 0 saturated carbocycles. The Hall–Kier alpha value is -4.60. The van der Waals surface area contributed by atoms with Crippen molar-refractivity contribution in [3.8, 4) is 23.2 Å². The van der Waals surface area contributed by atoms with Crippen LogP contribution in [0.25, 0.3) is 23.2 Å². The van der Waals surface area contributed by atoms with Gasteiger partial charge in [0.25, 0.3) is 11.8 Å². The molecule has 0 spiro atoms. The van der Waals surface area contributed by atoms with Crippen molar-refractivity contribution in [1.29, 1.82) is 0 Å². The van der Waals surface area contributed by atoms with Gasteiger partial charge in [-0.2, -0.15) is 5.10 Å². The molecular weight excluding hydrogens is 458 g/mol. The third-order valence-corrected chi connectivity index (χ3v) is 5.71. The second-order valence-electron chi connectivity index (χ2n) is 8.68. The zero-order valence-corrected chi connectivity index (χ0v) is 20.2. The first-order valence-electron chi connectivity index (χ1n) is 11.5. The summed E-state index contributed by atoms with van der Waals surface area (Å²) in [6.45, 7) is 2.43. The van der Waals surface area contributed by atoms with Gasteiger partial charge in [0.1, 0.15) is 17.7 Å². The van der Waals surface area contributed by atoms with Crippen LogP contribution in [0, 0.1) is 0 Å². The van der Waals surface area contributed by atoms with Crippen molar-refractivity contribution in [2.45, 2.75) is 25.8 Å². The van der Waals surface area contributed by atoms with Gasteiger partial charge < -0.3 is 13.7 Å². The lowest BCUT2D eigenvalue weighted by molar-refractivity contribution is 0.0785. The second-order valence-corrected chi connectivity index (χ2v) is 8.68. The lowest BCUT2D eigenvalue weighted by Gasteiger charge is -2.17. The molecule has 10 heteroatoms. The van der Waals surface area contributed by atoms with Gasteiger partial charge in [-0.25, -0.2) is 9.97 Å². The predicted octanol–water partition coefficient (Wildman–Crippen LogP) is 4.14. The minimum absolute atomic E-state index is 0.00953. The van der Waals surface area contributed by atoms with Crippen LogP contribution in [0.4, 0.5) is 0 Å². The maximum atomic E-state index is 13.3. The zero-order valence-electron chi connectivity index (χ0n) is 20.2. The molecule has 0 aliphatic heterocycles. The molecule has 0 aliphatic rings. The predicted molar refractivity (Wildman–Crippen MR) is 131 cm³/mol. The van der Waals surface area contributed by atoms with Gasteiger partial charge in [-0.05, 0) is 24.1 Å². The lowest BCUT2D eigenvalue weighted by Crippen LogP contribution is -2.26. The van der Waals surface area contributed by atoms with E-state index in [1.807, 2.05) is 38.4 Å². The normalized spacial score (nSPS) is 12.0. The molecule has 0 radical (unpaired) electrons. The highest BCUT2D eigenvalue weighted by atomic mass is 16.4. The van der Waals surface area contributed by atoms with Crippen molar-refractivity contribution in [1.82, 2.24) is 34.8 Å². The van der Waals surface area contributed by atoms with Crippen LogP contribution in [0.2, 0.25) is 0 Å². The number of benzene rings is 1. The van der Waals surface area contributed by atoms with Crippen LogP contribution < -0.4 is 0 Å². The van der Waals surface area contributed by atoms with E-state index in [9.17, 15) is 4.79 Å². The van der Waals surface area contributed by atoms with Crippen molar-refractivity contribution in [2.75, 3.05) is 7.05 Å². The number of hydrogen-bond donors (Lipinski definition) is 0. The fourth-order valence-electron chi connectivity index (χ4n) is 3.93. The molecule has 0 fully saturated rings. The van der Waals surface area contributed by atoms with Gasteiger partial charge in [-0.1, -0.05) is 37.3 Å². The van der Waals surface area contributed by atoms with E-state index in [0.717, 1.165) is 12.0 Å². The standard InChI is InChI=1S/C26H25N7O3/c1-17(11-18-7-5-4-6-8-18)23-30-31-25(36-23)22-13-20(12-21(29-22)24-27-9-10-35-24)26(34)32(2)15-19-14-28-33(3)16-19/h4-10,12-14,16-17H,11,15H2,1-3H3. The summed E-state index contributed by atoms with van der Waals surface area (Å²) in [6, 6.07) is 13.4. The van der Waals surface area contributed by atoms with Gasteiger partial charge in [0.2, 0.25) is 11.8 Å². The monoisotopic (exact) mass is 483 g/mol. The average Bonchev–Trinajstić information content (AvgIpc) is 3.66. The van der Waals surface area contributed by atoms with E-state index in [-0.39, 0.29) is 23.6 Å². The number of hydrogen-bond acceptors (Lipinski definition) is 8. The molecule has 5 rings (SSSR count). The van der Waals surface area contributed by atoms with Gasteiger partial charge in [-0.15, -0.1) is 10.2 Å². The third-order valence-electron chi connectivity index (χ3n) is 5.71. The molecule has 1 unspecified atom stereocenters. The molecule has 0 N–H and O–H groups in total. The molecule has 10 nitrogen and oxygen atoms in total. The molecule has 4 aromatic heterocycles.